The number of nitrogens with one attached hydrogen (secondary N) is 1. The zero-order valence-electron chi connectivity index (χ0n) is 12.8. The van der Waals surface area contributed by atoms with E-state index in [9.17, 15) is 9.59 Å². The normalized spacial score (nSPS) is 10.2. The number of carbonyl (C=O) groups excluding carboxylic acids is 2. The lowest BCUT2D eigenvalue weighted by Crippen LogP contribution is -2.30. The molecule has 1 aromatic carbocycles. The number of aryl methyl sites for hydroxylation is 1. The second kappa shape index (κ2) is 7.23. The van der Waals surface area contributed by atoms with Gasteiger partial charge in [0.15, 0.2) is 0 Å². The van der Waals surface area contributed by atoms with Crippen LogP contribution in [0.5, 0.6) is 0 Å². The number of amides is 2. The van der Waals surface area contributed by atoms with Gasteiger partial charge in [-0.3, -0.25) is 14.6 Å². The van der Waals surface area contributed by atoms with Crippen LogP contribution in [0, 0.1) is 6.92 Å². The maximum Gasteiger partial charge on any atom is 0.267 e. The number of halogens is 1. The van der Waals surface area contributed by atoms with E-state index >= 15 is 0 Å². The molecule has 2 rings (SSSR count). The molecule has 2 amide bonds. The Hall–Kier alpha value is -2.41. The molecule has 1 heterocycles. The van der Waals surface area contributed by atoms with E-state index in [-0.39, 0.29) is 18.1 Å². The van der Waals surface area contributed by atoms with Crippen molar-refractivity contribution >= 4 is 39.1 Å². The summed E-state index contributed by atoms with van der Waals surface area (Å²) in [5, 5.41) is 2.87. The topological polar surface area (TPSA) is 88.3 Å². The quantitative estimate of drug-likeness (QED) is 0.837. The molecule has 23 heavy (non-hydrogen) atoms. The van der Waals surface area contributed by atoms with Crippen LogP contribution in [0.1, 0.15) is 16.1 Å². The third-order valence-corrected chi connectivity index (χ3v) is 3.77. The van der Waals surface area contributed by atoms with Gasteiger partial charge in [-0.2, -0.15) is 0 Å². The van der Waals surface area contributed by atoms with E-state index in [4.69, 9.17) is 5.73 Å². The summed E-state index contributed by atoms with van der Waals surface area (Å²) in [7, 11) is 1.76. The highest BCUT2D eigenvalue weighted by atomic mass is 79.9. The first kappa shape index (κ1) is 17.0. The first-order valence-electron chi connectivity index (χ1n) is 6.90. The average Bonchev–Trinajstić information content (AvgIpc) is 2.50. The molecule has 6 nitrogen and oxygen atoms in total. The Morgan fingerprint density at radius 2 is 2.04 bits per heavy atom. The molecule has 0 spiro atoms. The summed E-state index contributed by atoms with van der Waals surface area (Å²) in [6.07, 6.45) is 1.49. The van der Waals surface area contributed by atoms with Gasteiger partial charge in [-0.05, 0) is 42.8 Å². The number of likely N-dealkylation sites (N-methyl/N-ethyl adjacent to an activating group) is 1. The molecule has 0 aliphatic heterocycles. The number of carbonyl (C=O) groups is 2. The molecule has 7 heteroatoms. The fourth-order valence-corrected chi connectivity index (χ4v) is 2.53. The first-order chi connectivity index (χ1) is 10.9. The largest absolute Gasteiger partial charge is 0.365 e. The first-order valence-corrected chi connectivity index (χ1v) is 7.69. The highest BCUT2D eigenvalue weighted by Gasteiger charge is 2.11. The molecule has 0 fully saturated rings. The Labute approximate surface area is 142 Å². The second-order valence-corrected chi connectivity index (χ2v) is 6.04. The molecule has 0 aliphatic carbocycles. The molecule has 0 unspecified atom stereocenters. The summed E-state index contributed by atoms with van der Waals surface area (Å²) >= 11 is 3.39. The third-order valence-electron chi connectivity index (χ3n) is 3.28. The van der Waals surface area contributed by atoms with Gasteiger partial charge >= 0.3 is 0 Å². The summed E-state index contributed by atoms with van der Waals surface area (Å²) in [4.78, 5) is 28.9. The van der Waals surface area contributed by atoms with Crippen LogP contribution in [-0.2, 0) is 4.79 Å². The molecular weight excluding hydrogens is 360 g/mol. The Bertz CT molecular complexity index is 749. The SMILES string of the molecule is Cc1cc(Br)ccc1NC(=O)CN(C)c1ccnc(C(N)=O)c1. The molecule has 0 saturated heterocycles. The number of aromatic nitrogens is 1. The van der Waals surface area contributed by atoms with Gasteiger partial charge in [-0.15, -0.1) is 0 Å². The number of hydrogen-bond acceptors (Lipinski definition) is 4. The van der Waals surface area contributed by atoms with Crippen LogP contribution in [0.3, 0.4) is 0 Å². The number of benzene rings is 1. The molecule has 2 aromatic rings. The predicted molar refractivity (Wildman–Crippen MR) is 93.5 cm³/mol. The molecular formula is C16H17BrN4O2. The number of nitrogens with two attached hydrogens (primary N) is 1. The summed E-state index contributed by atoms with van der Waals surface area (Å²) in [5.74, 6) is -0.759. The van der Waals surface area contributed by atoms with E-state index < -0.39 is 5.91 Å². The third kappa shape index (κ3) is 4.53. The number of hydrogen-bond donors (Lipinski definition) is 2. The van der Waals surface area contributed by atoms with Gasteiger partial charge in [-0.1, -0.05) is 15.9 Å². The molecule has 1 aromatic heterocycles. The monoisotopic (exact) mass is 376 g/mol. The van der Waals surface area contributed by atoms with Crippen molar-refractivity contribution in [3.05, 3.63) is 52.3 Å². The number of rotatable bonds is 5. The summed E-state index contributed by atoms with van der Waals surface area (Å²) < 4.78 is 0.959. The van der Waals surface area contributed by atoms with Crippen molar-refractivity contribution in [2.24, 2.45) is 5.73 Å². The van der Waals surface area contributed by atoms with Crippen LogP contribution < -0.4 is 16.0 Å². The molecule has 120 valence electrons. The van der Waals surface area contributed by atoms with Gasteiger partial charge in [0.05, 0.1) is 6.54 Å². The fourth-order valence-electron chi connectivity index (χ4n) is 2.06. The van der Waals surface area contributed by atoms with Crippen molar-refractivity contribution in [2.75, 3.05) is 23.8 Å². The van der Waals surface area contributed by atoms with Gasteiger partial charge in [-0.25, -0.2) is 0 Å². The summed E-state index contributed by atoms with van der Waals surface area (Å²) in [6, 6.07) is 8.91. The van der Waals surface area contributed by atoms with Gasteiger partial charge in [0.25, 0.3) is 5.91 Å². The van der Waals surface area contributed by atoms with Crippen molar-refractivity contribution in [2.45, 2.75) is 6.92 Å². The van der Waals surface area contributed by atoms with Crippen molar-refractivity contribution in [1.29, 1.82) is 0 Å². The second-order valence-electron chi connectivity index (χ2n) is 5.13. The van der Waals surface area contributed by atoms with Crippen LogP contribution in [0.2, 0.25) is 0 Å². The Kier molecular flexibility index (Phi) is 5.33. The number of primary amides is 1. The van der Waals surface area contributed by atoms with Gasteiger partial charge < -0.3 is 16.0 Å². The number of pyridine rings is 1. The summed E-state index contributed by atoms with van der Waals surface area (Å²) in [5.41, 5.74) is 7.80. The van der Waals surface area contributed by atoms with Crippen LogP contribution in [0.15, 0.2) is 41.0 Å². The lowest BCUT2D eigenvalue weighted by molar-refractivity contribution is -0.114. The Morgan fingerprint density at radius 1 is 1.30 bits per heavy atom. The zero-order chi connectivity index (χ0) is 17.0. The minimum atomic E-state index is -0.602. The molecule has 0 atom stereocenters. The fraction of sp³-hybridized carbons (Fsp3) is 0.188. The zero-order valence-corrected chi connectivity index (χ0v) is 14.4. The maximum atomic E-state index is 12.2. The van der Waals surface area contributed by atoms with Gasteiger partial charge in [0, 0.05) is 29.1 Å². The molecule has 0 saturated carbocycles. The predicted octanol–water partition coefficient (Wildman–Crippen LogP) is 2.33. The lowest BCUT2D eigenvalue weighted by atomic mass is 10.2. The minimum absolute atomic E-state index is 0.137. The van der Waals surface area contributed by atoms with Crippen LogP contribution >= 0.6 is 15.9 Å². The van der Waals surface area contributed by atoms with Gasteiger partial charge in [0.1, 0.15) is 5.69 Å². The van der Waals surface area contributed by atoms with E-state index in [0.29, 0.717) is 5.69 Å². The van der Waals surface area contributed by atoms with E-state index in [1.165, 1.54) is 6.20 Å². The van der Waals surface area contributed by atoms with Gasteiger partial charge in [0.2, 0.25) is 5.91 Å². The molecule has 0 radical (unpaired) electrons. The van der Waals surface area contributed by atoms with E-state index in [1.54, 1.807) is 24.1 Å². The summed E-state index contributed by atoms with van der Waals surface area (Å²) in [6.45, 7) is 2.06. The van der Waals surface area contributed by atoms with Crippen molar-refractivity contribution in [1.82, 2.24) is 4.98 Å². The van der Waals surface area contributed by atoms with Crippen LogP contribution in [0.4, 0.5) is 11.4 Å². The van der Waals surface area contributed by atoms with E-state index in [0.717, 1.165) is 15.7 Å². The highest BCUT2D eigenvalue weighted by Crippen LogP contribution is 2.20. The Balaban J connectivity index is 2.04. The molecule has 3 N–H and O–H groups in total. The van der Waals surface area contributed by atoms with E-state index in [1.807, 2.05) is 25.1 Å². The Morgan fingerprint density at radius 3 is 2.70 bits per heavy atom. The number of anilines is 2. The van der Waals surface area contributed by atoms with Crippen molar-refractivity contribution in [3.63, 3.8) is 0 Å². The number of nitrogens with zero attached hydrogens (tertiary/aromatic N) is 2. The lowest BCUT2D eigenvalue weighted by Gasteiger charge is -2.19. The standard InChI is InChI=1S/C16H17BrN4O2/c1-10-7-11(17)3-4-13(10)20-15(22)9-21(2)12-5-6-19-14(8-12)16(18)23/h3-8H,9H2,1-2H3,(H2,18,23)(H,20,22). The average molecular weight is 377 g/mol. The maximum absolute atomic E-state index is 12.2. The molecule has 0 aliphatic rings. The van der Waals surface area contributed by atoms with E-state index in [2.05, 4.69) is 26.2 Å². The minimum Gasteiger partial charge on any atom is -0.365 e. The highest BCUT2D eigenvalue weighted by molar-refractivity contribution is 9.10. The van der Waals surface area contributed by atoms with Crippen molar-refractivity contribution in [3.8, 4) is 0 Å². The van der Waals surface area contributed by atoms with Crippen LogP contribution in [-0.4, -0.2) is 30.4 Å². The smallest absolute Gasteiger partial charge is 0.267 e. The molecule has 0 bridgehead atoms. The van der Waals surface area contributed by atoms with Crippen LogP contribution in [0.25, 0.3) is 0 Å². The van der Waals surface area contributed by atoms with Crippen molar-refractivity contribution < 1.29 is 9.59 Å².